The van der Waals surface area contributed by atoms with Crippen molar-refractivity contribution in [3.8, 4) is 5.75 Å². The molecule has 0 radical (unpaired) electrons. The van der Waals surface area contributed by atoms with E-state index < -0.39 is 0 Å². The first kappa shape index (κ1) is 15.0. The molecule has 0 aromatic heterocycles. The third kappa shape index (κ3) is 5.09. The van der Waals surface area contributed by atoms with Crippen LogP contribution < -0.4 is 10.1 Å². The van der Waals surface area contributed by atoms with Gasteiger partial charge in [0.15, 0.2) is 0 Å². The van der Waals surface area contributed by atoms with Gasteiger partial charge in [0.2, 0.25) is 0 Å². The summed E-state index contributed by atoms with van der Waals surface area (Å²) in [4.78, 5) is 0. The van der Waals surface area contributed by atoms with Gasteiger partial charge < -0.3 is 10.1 Å². The molecule has 0 heterocycles. The fraction of sp³-hybridized carbons (Fsp3) is 0.625. The van der Waals surface area contributed by atoms with Crippen LogP contribution in [0.5, 0.6) is 5.75 Å². The Balaban J connectivity index is 2.44. The fourth-order valence-corrected chi connectivity index (χ4v) is 2.29. The molecule has 0 aliphatic carbocycles. The Morgan fingerprint density at radius 3 is 2.61 bits per heavy atom. The van der Waals surface area contributed by atoms with E-state index in [0.29, 0.717) is 6.04 Å². The van der Waals surface area contributed by atoms with E-state index in [1.54, 1.807) is 7.11 Å². The van der Waals surface area contributed by atoms with Crippen LogP contribution in [0.1, 0.15) is 57.1 Å². The SMILES string of the molecule is CCCCCCCC(NC)c1cccc(OC)c1. The number of hydrogen-bond acceptors (Lipinski definition) is 2. The van der Waals surface area contributed by atoms with Gasteiger partial charge in [-0.25, -0.2) is 0 Å². The van der Waals surface area contributed by atoms with Crippen molar-refractivity contribution in [3.05, 3.63) is 29.8 Å². The minimum absolute atomic E-state index is 0.446. The van der Waals surface area contributed by atoms with Crippen molar-refractivity contribution >= 4 is 0 Å². The van der Waals surface area contributed by atoms with Gasteiger partial charge in [-0.1, -0.05) is 51.2 Å². The molecule has 1 N–H and O–H groups in total. The minimum atomic E-state index is 0.446. The molecule has 2 heteroatoms. The molecule has 0 saturated heterocycles. The quantitative estimate of drug-likeness (QED) is 0.658. The molecular formula is C16H27NO. The second-order valence-electron chi connectivity index (χ2n) is 4.82. The molecule has 0 saturated carbocycles. The molecule has 1 unspecified atom stereocenters. The van der Waals surface area contributed by atoms with Crippen molar-refractivity contribution in [2.24, 2.45) is 0 Å². The summed E-state index contributed by atoms with van der Waals surface area (Å²) in [5, 5.41) is 3.41. The van der Waals surface area contributed by atoms with Crippen molar-refractivity contribution in [1.29, 1.82) is 0 Å². The normalized spacial score (nSPS) is 12.4. The first-order chi connectivity index (χ1) is 8.81. The Morgan fingerprint density at radius 1 is 1.17 bits per heavy atom. The summed E-state index contributed by atoms with van der Waals surface area (Å²) in [7, 11) is 3.76. The number of ether oxygens (including phenoxy) is 1. The zero-order chi connectivity index (χ0) is 13.2. The molecular weight excluding hydrogens is 222 g/mol. The van der Waals surface area contributed by atoms with Crippen molar-refractivity contribution in [2.45, 2.75) is 51.5 Å². The van der Waals surface area contributed by atoms with Gasteiger partial charge in [0.1, 0.15) is 5.75 Å². The lowest BCUT2D eigenvalue weighted by molar-refractivity contribution is 0.412. The van der Waals surface area contributed by atoms with Crippen LogP contribution >= 0.6 is 0 Å². The highest BCUT2D eigenvalue weighted by molar-refractivity contribution is 5.30. The lowest BCUT2D eigenvalue weighted by Crippen LogP contribution is -2.16. The second-order valence-corrected chi connectivity index (χ2v) is 4.82. The smallest absolute Gasteiger partial charge is 0.119 e. The van der Waals surface area contributed by atoms with Gasteiger partial charge in [0.05, 0.1) is 7.11 Å². The monoisotopic (exact) mass is 249 g/mol. The average molecular weight is 249 g/mol. The van der Waals surface area contributed by atoms with E-state index in [0.717, 1.165) is 5.75 Å². The molecule has 0 spiro atoms. The lowest BCUT2D eigenvalue weighted by atomic mass is 10.00. The van der Waals surface area contributed by atoms with Crippen molar-refractivity contribution < 1.29 is 4.74 Å². The predicted octanol–water partition coefficient (Wildman–Crippen LogP) is 4.32. The van der Waals surface area contributed by atoms with Gasteiger partial charge in [0, 0.05) is 6.04 Å². The molecule has 0 amide bonds. The van der Waals surface area contributed by atoms with E-state index in [2.05, 4.69) is 30.4 Å². The van der Waals surface area contributed by atoms with Crippen LogP contribution in [0.4, 0.5) is 0 Å². The summed E-state index contributed by atoms with van der Waals surface area (Å²) in [6, 6.07) is 8.82. The highest BCUT2D eigenvalue weighted by Crippen LogP contribution is 2.23. The van der Waals surface area contributed by atoms with E-state index in [1.807, 2.05) is 13.1 Å². The van der Waals surface area contributed by atoms with E-state index in [1.165, 1.54) is 44.1 Å². The third-order valence-corrected chi connectivity index (χ3v) is 3.44. The van der Waals surface area contributed by atoms with Gasteiger partial charge in [-0.2, -0.15) is 0 Å². The summed E-state index contributed by atoms with van der Waals surface area (Å²) >= 11 is 0. The van der Waals surface area contributed by atoms with E-state index >= 15 is 0 Å². The summed E-state index contributed by atoms with van der Waals surface area (Å²) in [5.74, 6) is 0.943. The highest BCUT2D eigenvalue weighted by atomic mass is 16.5. The molecule has 102 valence electrons. The third-order valence-electron chi connectivity index (χ3n) is 3.44. The molecule has 1 atom stereocenters. The summed E-state index contributed by atoms with van der Waals surface area (Å²) < 4.78 is 5.28. The molecule has 0 bridgehead atoms. The number of methoxy groups -OCH3 is 1. The van der Waals surface area contributed by atoms with Crippen molar-refractivity contribution in [1.82, 2.24) is 5.32 Å². The van der Waals surface area contributed by atoms with Crippen LogP contribution in [0, 0.1) is 0 Å². The summed E-state index contributed by atoms with van der Waals surface area (Å²) in [6.07, 6.45) is 7.88. The maximum Gasteiger partial charge on any atom is 0.119 e. The average Bonchev–Trinajstić information content (AvgIpc) is 2.43. The number of rotatable bonds is 9. The molecule has 1 aromatic carbocycles. The molecule has 18 heavy (non-hydrogen) atoms. The molecule has 1 aromatic rings. The number of hydrogen-bond donors (Lipinski definition) is 1. The zero-order valence-corrected chi connectivity index (χ0v) is 12.0. The predicted molar refractivity (Wildman–Crippen MR) is 78.2 cm³/mol. The summed E-state index contributed by atoms with van der Waals surface area (Å²) in [6.45, 7) is 2.26. The Morgan fingerprint density at radius 2 is 1.94 bits per heavy atom. The fourth-order valence-electron chi connectivity index (χ4n) is 2.29. The largest absolute Gasteiger partial charge is 0.497 e. The molecule has 0 aliphatic heterocycles. The first-order valence-electron chi connectivity index (χ1n) is 7.13. The van der Waals surface area contributed by atoms with Crippen LogP contribution in [0.15, 0.2) is 24.3 Å². The Kier molecular flexibility index (Phi) is 7.51. The van der Waals surface area contributed by atoms with Crippen molar-refractivity contribution in [3.63, 3.8) is 0 Å². The number of benzene rings is 1. The first-order valence-corrected chi connectivity index (χ1v) is 7.13. The number of unbranched alkanes of at least 4 members (excludes halogenated alkanes) is 4. The Labute approximate surface area is 112 Å². The van der Waals surface area contributed by atoms with Gasteiger partial charge >= 0.3 is 0 Å². The van der Waals surface area contributed by atoms with Crippen LogP contribution in [-0.4, -0.2) is 14.2 Å². The van der Waals surface area contributed by atoms with E-state index in [-0.39, 0.29) is 0 Å². The van der Waals surface area contributed by atoms with Gasteiger partial charge in [0.25, 0.3) is 0 Å². The second kappa shape index (κ2) is 8.98. The van der Waals surface area contributed by atoms with Crippen LogP contribution in [0.2, 0.25) is 0 Å². The minimum Gasteiger partial charge on any atom is -0.497 e. The standard InChI is InChI=1S/C16H27NO/c1-4-5-6-7-8-12-16(17-2)14-10-9-11-15(13-14)18-3/h9-11,13,16-17H,4-8,12H2,1-3H3. The zero-order valence-electron chi connectivity index (χ0n) is 12.0. The van der Waals surface area contributed by atoms with Gasteiger partial charge in [-0.3, -0.25) is 0 Å². The highest BCUT2D eigenvalue weighted by Gasteiger charge is 2.09. The maximum atomic E-state index is 5.28. The molecule has 0 aliphatic rings. The Hall–Kier alpha value is -1.02. The maximum absolute atomic E-state index is 5.28. The van der Waals surface area contributed by atoms with Gasteiger partial charge in [-0.05, 0) is 31.2 Å². The van der Waals surface area contributed by atoms with Gasteiger partial charge in [-0.15, -0.1) is 0 Å². The lowest BCUT2D eigenvalue weighted by Gasteiger charge is -2.17. The molecule has 1 rings (SSSR count). The topological polar surface area (TPSA) is 21.3 Å². The molecule has 0 fully saturated rings. The number of nitrogens with one attached hydrogen (secondary N) is 1. The van der Waals surface area contributed by atoms with E-state index in [9.17, 15) is 0 Å². The van der Waals surface area contributed by atoms with Crippen LogP contribution in [0.3, 0.4) is 0 Å². The Bertz CT molecular complexity index is 325. The summed E-state index contributed by atoms with van der Waals surface area (Å²) in [5.41, 5.74) is 1.33. The van der Waals surface area contributed by atoms with Crippen molar-refractivity contribution in [2.75, 3.05) is 14.2 Å². The van der Waals surface area contributed by atoms with Crippen LogP contribution in [-0.2, 0) is 0 Å². The van der Waals surface area contributed by atoms with E-state index in [4.69, 9.17) is 4.74 Å². The molecule has 2 nitrogen and oxygen atoms in total. The van der Waals surface area contributed by atoms with Crippen LogP contribution in [0.25, 0.3) is 0 Å².